The standard InChI is InChI=1S/C11H15N3/c1-14(7-10-2-5-13-6-10)9-11(8-12)3-4-11/h2,5-6,13H,3-4,7,9H2,1H3. The molecule has 0 bridgehead atoms. The first-order chi connectivity index (χ1) is 6.74. The minimum atomic E-state index is -0.0228. The number of aromatic nitrogens is 1. The van der Waals surface area contributed by atoms with Crippen molar-refractivity contribution in [3.63, 3.8) is 0 Å². The fraction of sp³-hybridized carbons (Fsp3) is 0.545. The lowest BCUT2D eigenvalue weighted by atomic mass is 10.1. The summed E-state index contributed by atoms with van der Waals surface area (Å²) in [7, 11) is 2.07. The summed E-state index contributed by atoms with van der Waals surface area (Å²) in [6, 6.07) is 4.49. The van der Waals surface area contributed by atoms with Crippen LogP contribution in [0.1, 0.15) is 18.4 Å². The average Bonchev–Trinajstić information content (AvgIpc) is 2.74. The van der Waals surface area contributed by atoms with Gasteiger partial charge in [-0.1, -0.05) is 0 Å². The van der Waals surface area contributed by atoms with E-state index in [1.54, 1.807) is 0 Å². The van der Waals surface area contributed by atoms with Crippen molar-refractivity contribution in [2.75, 3.05) is 13.6 Å². The molecular formula is C11H15N3. The topological polar surface area (TPSA) is 42.8 Å². The van der Waals surface area contributed by atoms with E-state index in [4.69, 9.17) is 5.26 Å². The van der Waals surface area contributed by atoms with Crippen LogP contribution in [0.5, 0.6) is 0 Å². The summed E-state index contributed by atoms with van der Waals surface area (Å²) < 4.78 is 0. The quantitative estimate of drug-likeness (QED) is 0.784. The highest BCUT2D eigenvalue weighted by Gasteiger charge is 2.43. The molecule has 74 valence electrons. The van der Waals surface area contributed by atoms with Gasteiger partial charge in [0.25, 0.3) is 0 Å². The Labute approximate surface area is 84.3 Å². The normalized spacial score (nSPS) is 18.1. The van der Waals surface area contributed by atoms with Crippen molar-refractivity contribution >= 4 is 0 Å². The van der Waals surface area contributed by atoms with Crippen molar-refractivity contribution in [3.05, 3.63) is 24.0 Å². The largest absolute Gasteiger partial charge is 0.367 e. The van der Waals surface area contributed by atoms with Crippen LogP contribution in [0.15, 0.2) is 18.5 Å². The molecule has 1 aromatic heterocycles. The third-order valence-electron chi connectivity index (χ3n) is 2.78. The van der Waals surface area contributed by atoms with Crippen LogP contribution in [0.4, 0.5) is 0 Å². The monoisotopic (exact) mass is 189 g/mol. The zero-order chi connectivity index (χ0) is 10.0. The minimum Gasteiger partial charge on any atom is -0.367 e. The molecule has 0 spiro atoms. The highest BCUT2D eigenvalue weighted by atomic mass is 15.1. The van der Waals surface area contributed by atoms with Crippen LogP contribution in [0.3, 0.4) is 0 Å². The molecular weight excluding hydrogens is 174 g/mol. The lowest BCUT2D eigenvalue weighted by molar-refractivity contribution is 0.287. The molecule has 1 N–H and O–H groups in total. The van der Waals surface area contributed by atoms with Gasteiger partial charge < -0.3 is 9.88 Å². The van der Waals surface area contributed by atoms with Gasteiger partial charge in [-0.25, -0.2) is 0 Å². The molecule has 0 aromatic carbocycles. The summed E-state index contributed by atoms with van der Waals surface area (Å²) in [5.41, 5.74) is 1.26. The van der Waals surface area contributed by atoms with E-state index < -0.39 is 0 Å². The molecule has 1 aliphatic rings. The summed E-state index contributed by atoms with van der Waals surface area (Å²) in [5.74, 6) is 0. The van der Waals surface area contributed by atoms with Gasteiger partial charge in [0.05, 0.1) is 11.5 Å². The number of nitrogens with one attached hydrogen (secondary N) is 1. The maximum atomic E-state index is 8.95. The zero-order valence-corrected chi connectivity index (χ0v) is 8.45. The van der Waals surface area contributed by atoms with E-state index >= 15 is 0 Å². The molecule has 1 heterocycles. The Morgan fingerprint density at radius 3 is 2.93 bits per heavy atom. The fourth-order valence-electron chi connectivity index (χ4n) is 1.80. The molecule has 1 aliphatic carbocycles. The molecule has 1 aromatic rings. The maximum Gasteiger partial charge on any atom is 0.0703 e. The second-order valence-electron chi connectivity index (χ2n) is 4.28. The number of nitriles is 1. The second-order valence-corrected chi connectivity index (χ2v) is 4.28. The Kier molecular flexibility index (Phi) is 2.30. The Hall–Kier alpha value is -1.27. The molecule has 0 radical (unpaired) electrons. The van der Waals surface area contributed by atoms with Crippen LogP contribution in [-0.2, 0) is 6.54 Å². The van der Waals surface area contributed by atoms with E-state index in [9.17, 15) is 0 Å². The van der Waals surface area contributed by atoms with Crippen molar-refractivity contribution in [3.8, 4) is 6.07 Å². The molecule has 1 fully saturated rings. The molecule has 3 nitrogen and oxygen atoms in total. The Morgan fingerprint density at radius 2 is 2.43 bits per heavy atom. The van der Waals surface area contributed by atoms with Gasteiger partial charge in [-0.3, -0.25) is 0 Å². The van der Waals surface area contributed by atoms with Crippen LogP contribution >= 0.6 is 0 Å². The first-order valence-corrected chi connectivity index (χ1v) is 4.96. The van der Waals surface area contributed by atoms with E-state index in [2.05, 4.69) is 29.1 Å². The Balaban J connectivity index is 1.85. The number of H-pyrrole nitrogens is 1. The van der Waals surface area contributed by atoms with Crippen molar-refractivity contribution < 1.29 is 0 Å². The van der Waals surface area contributed by atoms with Crippen molar-refractivity contribution in [2.45, 2.75) is 19.4 Å². The summed E-state index contributed by atoms with van der Waals surface area (Å²) in [5, 5.41) is 8.95. The third-order valence-corrected chi connectivity index (χ3v) is 2.78. The first-order valence-electron chi connectivity index (χ1n) is 4.96. The predicted molar refractivity (Wildman–Crippen MR) is 54.4 cm³/mol. The van der Waals surface area contributed by atoms with Gasteiger partial charge in [0.2, 0.25) is 0 Å². The summed E-state index contributed by atoms with van der Waals surface area (Å²) in [6.45, 7) is 1.82. The second kappa shape index (κ2) is 3.47. The van der Waals surface area contributed by atoms with Gasteiger partial charge in [-0.2, -0.15) is 5.26 Å². The lowest BCUT2D eigenvalue weighted by Crippen LogP contribution is -2.25. The van der Waals surface area contributed by atoms with E-state index in [0.717, 1.165) is 25.9 Å². The van der Waals surface area contributed by atoms with E-state index in [-0.39, 0.29) is 5.41 Å². The summed E-state index contributed by atoms with van der Waals surface area (Å²) >= 11 is 0. The zero-order valence-electron chi connectivity index (χ0n) is 8.45. The number of hydrogen-bond acceptors (Lipinski definition) is 2. The molecule has 3 heteroatoms. The average molecular weight is 189 g/mol. The van der Waals surface area contributed by atoms with E-state index in [0.29, 0.717) is 0 Å². The van der Waals surface area contributed by atoms with Gasteiger partial charge in [-0.15, -0.1) is 0 Å². The van der Waals surface area contributed by atoms with Crippen LogP contribution < -0.4 is 0 Å². The number of nitrogens with zero attached hydrogens (tertiary/aromatic N) is 2. The molecule has 0 aliphatic heterocycles. The smallest absolute Gasteiger partial charge is 0.0703 e. The first kappa shape index (κ1) is 9.29. The highest BCUT2D eigenvalue weighted by Crippen LogP contribution is 2.45. The highest BCUT2D eigenvalue weighted by molar-refractivity contribution is 5.12. The molecule has 2 rings (SSSR count). The lowest BCUT2D eigenvalue weighted by Gasteiger charge is -2.18. The molecule has 14 heavy (non-hydrogen) atoms. The van der Waals surface area contributed by atoms with Gasteiger partial charge in [0.15, 0.2) is 0 Å². The van der Waals surface area contributed by atoms with Crippen LogP contribution in [0, 0.1) is 16.7 Å². The van der Waals surface area contributed by atoms with E-state index in [1.807, 2.05) is 12.4 Å². The Morgan fingerprint density at radius 1 is 1.64 bits per heavy atom. The van der Waals surface area contributed by atoms with Gasteiger partial charge >= 0.3 is 0 Å². The number of aromatic amines is 1. The SMILES string of the molecule is CN(Cc1cc[nH]c1)CC1(C#N)CC1. The van der Waals surface area contributed by atoms with Gasteiger partial charge in [0.1, 0.15) is 0 Å². The van der Waals surface area contributed by atoms with Gasteiger partial charge in [0, 0.05) is 25.5 Å². The fourth-order valence-corrected chi connectivity index (χ4v) is 1.80. The molecule has 0 atom stereocenters. The van der Waals surface area contributed by atoms with Crippen molar-refractivity contribution in [1.29, 1.82) is 5.26 Å². The third kappa shape index (κ3) is 1.97. The van der Waals surface area contributed by atoms with Crippen LogP contribution in [0.2, 0.25) is 0 Å². The molecule has 1 saturated carbocycles. The van der Waals surface area contributed by atoms with Gasteiger partial charge in [-0.05, 0) is 31.5 Å². The minimum absolute atomic E-state index is 0.0228. The number of hydrogen-bond donors (Lipinski definition) is 1. The molecule has 0 amide bonds. The Bertz CT molecular complexity index is 330. The van der Waals surface area contributed by atoms with E-state index in [1.165, 1.54) is 5.56 Å². The van der Waals surface area contributed by atoms with Crippen LogP contribution in [-0.4, -0.2) is 23.5 Å². The molecule has 0 unspecified atom stereocenters. The summed E-state index contributed by atoms with van der Waals surface area (Å²) in [4.78, 5) is 5.26. The van der Waals surface area contributed by atoms with Crippen molar-refractivity contribution in [1.82, 2.24) is 9.88 Å². The maximum absolute atomic E-state index is 8.95. The van der Waals surface area contributed by atoms with Crippen LogP contribution in [0.25, 0.3) is 0 Å². The van der Waals surface area contributed by atoms with Crippen molar-refractivity contribution in [2.24, 2.45) is 5.41 Å². The molecule has 0 saturated heterocycles. The summed E-state index contributed by atoms with van der Waals surface area (Å²) in [6.07, 6.45) is 6.07. The predicted octanol–water partition coefficient (Wildman–Crippen LogP) is 1.75. The number of rotatable bonds is 4.